The number of rotatable bonds is 2. The van der Waals surface area contributed by atoms with Crippen LogP contribution in [0.3, 0.4) is 0 Å². The van der Waals surface area contributed by atoms with Gasteiger partial charge in [-0.3, -0.25) is 4.79 Å². The van der Waals surface area contributed by atoms with Crippen LogP contribution in [0.4, 0.5) is 0 Å². The molecule has 0 radical (unpaired) electrons. The zero-order valence-corrected chi connectivity index (χ0v) is 12.1. The van der Waals surface area contributed by atoms with Crippen LogP contribution in [0.2, 0.25) is 0 Å². The lowest BCUT2D eigenvalue weighted by atomic mass is 10.0. The summed E-state index contributed by atoms with van der Waals surface area (Å²) < 4.78 is 0.787. The van der Waals surface area contributed by atoms with E-state index in [1.165, 1.54) is 4.90 Å². The van der Waals surface area contributed by atoms with Gasteiger partial charge in [0.25, 0.3) is 5.91 Å². The van der Waals surface area contributed by atoms with Gasteiger partial charge in [-0.1, -0.05) is 19.3 Å². The number of carboxylic acids is 1. The van der Waals surface area contributed by atoms with E-state index < -0.39 is 12.0 Å². The Balaban J connectivity index is 2.20. The molecule has 1 aliphatic heterocycles. The quantitative estimate of drug-likeness (QED) is 0.876. The Morgan fingerprint density at radius 1 is 1.32 bits per heavy atom. The van der Waals surface area contributed by atoms with Crippen molar-refractivity contribution in [1.82, 2.24) is 9.88 Å². The number of carboxylic acid groups (broad SMARTS) is 1. The fourth-order valence-corrected chi connectivity index (χ4v) is 2.77. The summed E-state index contributed by atoms with van der Waals surface area (Å²) in [6.45, 7) is 0.506. The molecule has 1 aromatic heterocycles. The van der Waals surface area contributed by atoms with E-state index in [0.717, 1.165) is 30.2 Å². The molecule has 1 aliphatic rings. The van der Waals surface area contributed by atoms with Crippen molar-refractivity contribution >= 4 is 27.8 Å². The molecule has 0 aliphatic carbocycles. The summed E-state index contributed by atoms with van der Waals surface area (Å²) in [5, 5.41) is 9.31. The summed E-state index contributed by atoms with van der Waals surface area (Å²) in [7, 11) is 0. The van der Waals surface area contributed by atoms with Gasteiger partial charge >= 0.3 is 5.97 Å². The third-order valence-electron chi connectivity index (χ3n) is 3.43. The molecule has 6 heteroatoms. The van der Waals surface area contributed by atoms with Gasteiger partial charge in [0, 0.05) is 17.2 Å². The van der Waals surface area contributed by atoms with Gasteiger partial charge in [0.05, 0.1) is 0 Å². The van der Waals surface area contributed by atoms with Crippen molar-refractivity contribution in [3.63, 3.8) is 0 Å². The highest BCUT2D eigenvalue weighted by molar-refractivity contribution is 9.10. The summed E-state index contributed by atoms with van der Waals surface area (Å²) in [5.41, 5.74) is 0.429. The lowest BCUT2D eigenvalue weighted by molar-refractivity contribution is -0.142. The SMILES string of the molecule is O=C(O)C1CCCCCCN1C(=O)c1cc(Br)c[nH]1. The van der Waals surface area contributed by atoms with Gasteiger partial charge in [0.2, 0.25) is 0 Å². The van der Waals surface area contributed by atoms with Crippen molar-refractivity contribution < 1.29 is 14.7 Å². The number of nitrogens with zero attached hydrogens (tertiary/aromatic N) is 1. The standard InChI is InChI=1S/C13H17BrN2O3/c14-9-7-10(15-8-9)12(17)16-6-4-2-1-3-5-11(16)13(18)19/h7-8,11,15H,1-6H2,(H,18,19). The first-order chi connectivity index (χ1) is 9.09. The second-order valence-corrected chi connectivity index (χ2v) is 5.70. The first-order valence-electron chi connectivity index (χ1n) is 6.47. The van der Waals surface area contributed by atoms with Crippen molar-refractivity contribution in [2.75, 3.05) is 6.54 Å². The molecule has 2 heterocycles. The van der Waals surface area contributed by atoms with Crippen LogP contribution in [0.15, 0.2) is 16.7 Å². The van der Waals surface area contributed by atoms with E-state index in [1.807, 2.05) is 0 Å². The highest BCUT2D eigenvalue weighted by Crippen LogP contribution is 2.20. The lowest BCUT2D eigenvalue weighted by Crippen LogP contribution is -2.46. The van der Waals surface area contributed by atoms with Crippen molar-refractivity contribution in [2.45, 2.75) is 38.1 Å². The van der Waals surface area contributed by atoms with Crippen LogP contribution in [-0.4, -0.2) is 39.5 Å². The first kappa shape index (κ1) is 14.1. The van der Waals surface area contributed by atoms with Crippen LogP contribution in [0.1, 0.15) is 42.6 Å². The predicted molar refractivity (Wildman–Crippen MR) is 74.0 cm³/mol. The van der Waals surface area contributed by atoms with E-state index in [9.17, 15) is 14.7 Å². The molecular weight excluding hydrogens is 312 g/mol. The monoisotopic (exact) mass is 328 g/mol. The van der Waals surface area contributed by atoms with Gasteiger partial charge in [0.15, 0.2) is 0 Å². The number of halogens is 1. The Hall–Kier alpha value is -1.30. The molecule has 2 N–H and O–H groups in total. The molecule has 1 unspecified atom stereocenters. The Morgan fingerprint density at radius 2 is 2.05 bits per heavy atom. The fraction of sp³-hybridized carbons (Fsp3) is 0.538. The molecule has 1 atom stereocenters. The van der Waals surface area contributed by atoms with E-state index in [2.05, 4.69) is 20.9 Å². The molecule has 0 aromatic carbocycles. The number of carbonyl (C=O) groups excluding carboxylic acids is 1. The second kappa shape index (κ2) is 6.23. The molecule has 1 aromatic rings. The third-order valence-corrected chi connectivity index (χ3v) is 3.88. The number of hydrogen-bond acceptors (Lipinski definition) is 2. The predicted octanol–water partition coefficient (Wildman–Crippen LogP) is 2.64. The van der Waals surface area contributed by atoms with E-state index in [1.54, 1.807) is 12.3 Å². The molecule has 0 saturated carbocycles. The minimum absolute atomic E-state index is 0.236. The fourth-order valence-electron chi connectivity index (χ4n) is 2.43. The maximum atomic E-state index is 12.4. The Morgan fingerprint density at radius 3 is 2.68 bits per heavy atom. The van der Waals surface area contributed by atoms with Crippen LogP contribution in [0, 0.1) is 0 Å². The largest absolute Gasteiger partial charge is 0.480 e. The van der Waals surface area contributed by atoms with Gasteiger partial charge in [-0.05, 0) is 34.8 Å². The van der Waals surface area contributed by atoms with Crippen LogP contribution < -0.4 is 0 Å². The van der Waals surface area contributed by atoms with E-state index in [4.69, 9.17) is 0 Å². The molecule has 1 saturated heterocycles. The number of carbonyl (C=O) groups is 2. The molecule has 2 rings (SSSR count). The Bertz CT molecular complexity index is 472. The zero-order valence-electron chi connectivity index (χ0n) is 10.6. The summed E-state index contributed by atoms with van der Waals surface area (Å²) in [6.07, 6.45) is 6.01. The number of aromatic nitrogens is 1. The molecule has 104 valence electrons. The minimum Gasteiger partial charge on any atom is -0.480 e. The van der Waals surface area contributed by atoms with Crippen LogP contribution in [0.5, 0.6) is 0 Å². The highest BCUT2D eigenvalue weighted by atomic mass is 79.9. The molecule has 5 nitrogen and oxygen atoms in total. The Kier molecular flexibility index (Phi) is 4.63. The van der Waals surface area contributed by atoms with Crippen molar-refractivity contribution in [2.24, 2.45) is 0 Å². The number of H-pyrrole nitrogens is 1. The smallest absolute Gasteiger partial charge is 0.326 e. The van der Waals surface area contributed by atoms with Gasteiger partial charge in [0.1, 0.15) is 11.7 Å². The van der Waals surface area contributed by atoms with Crippen LogP contribution >= 0.6 is 15.9 Å². The molecule has 1 fully saturated rings. The molecule has 1 amide bonds. The summed E-state index contributed by atoms with van der Waals surface area (Å²) in [5.74, 6) is -1.15. The van der Waals surface area contributed by atoms with Crippen LogP contribution in [0.25, 0.3) is 0 Å². The van der Waals surface area contributed by atoms with Gasteiger partial charge in [-0.2, -0.15) is 0 Å². The number of nitrogens with one attached hydrogen (secondary N) is 1. The van der Waals surface area contributed by atoms with E-state index in [0.29, 0.717) is 18.7 Å². The highest BCUT2D eigenvalue weighted by Gasteiger charge is 2.31. The van der Waals surface area contributed by atoms with Crippen molar-refractivity contribution in [3.8, 4) is 0 Å². The van der Waals surface area contributed by atoms with Crippen molar-refractivity contribution in [1.29, 1.82) is 0 Å². The third kappa shape index (κ3) is 3.37. The molecule has 0 bridgehead atoms. The number of likely N-dealkylation sites (tertiary alicyclic amines) is 1. The average Bonchev–Trinajstić information content (AvgIpc) is 2.74. The minimum atomic E-state index is -0.916. The number of aliphatic carboxylic acids is 1. The molecular formula is C13H17BrN2O3. The summed E-state index contributed by atoms with van der Waals surface area (Å²) >= 11 is 3.28. The number of aromatic amines is 1. The summed E-state index contributed by atoms with van der Waals surface area (Å²) in [4.78, 5) is 28.1. The lowest BCUT2D eigenvalue weighted by Gasteiger charge is -2.30. The van der Waals surface area contributed by atoms with E-state index >= 15 is 0 Å². The number of hydrogen-bond donors (Lipinski definition) is 2. The van der Waals surface area contributed by atoms with E-state index in [-0.39, 0.29) is 5.91 Å². The van der Waals surface area contributed by atoms with Crippen molar-refractivity contribution in [3.05, 3.63) is 22.4 Å². The first-order valence-corrected chi connectivity index (χ1v) is 7.26. The molecule has 19 heavy (non-hydrogen) atoms. The zero-order chi connectivity index (χ0) is 13.8. The van der Waals surface area contributed by atoms with Gasteiger partial charge < -0.3 is 15.0 Å². The van der Waals surface area contributed by atoms with Crippen LogP contribution in [-0.2, 0) is 4.79 Å². The average molecular weight is 329 g/mol. The topological polar surface area (TPSA) is 73.4 Å². The van der Waals surface area contributed by atoms with Gasteiger partial charge in [-0.25, -0.2) is 4.79 Å². The second-order valence-electron chi connectivity index (χ2n) is 4.79. The van der Waals surface area contributed by atoms with Gasteiger partial charge in [-0.15, -0.1) is 0 Å². The normalized spacial score (nSPS) is 20.7. The maximum Gasteiger partial charge on any atom is 0.326 e. The number of amides is 1. The Labute approximate surface area is 120 Å². The summed E-state index contributed by atoms with van der Waals surface area (Å²) in [6, 6.07) is 0.967. The maximum absolute atomic E-state index is 12.4. The molecule has 0 spiro atoms.